The summed E-state index contributed by atoms with van der Waals surface area (Å²) in [7, 11) is 0. The molecule has 0 unspecified atom stereocenters. The lowest BCUT2D eigenvalue weighted by atomic mass is 10.1. The number of halogens is 3. The van der Waals surface area contributed by atoms with Crippen LogP contribution in [0.5, 0.6) is 0 Å². The molecule has 0 radical (unpaired) electrons. The number of nitrogens with two attached hydrogens (primary N) is 1. The van der Waals surface area contributed by atoms with Crippen molar-refractivity contribution in [1.82, 2.24) is 9.97 Å². The molecule has 0 spiro atoms. The van der Waals surface area contributed by atoms with Crippen LogP contribution in [0, 0.1) is 0 Å². The number of alkyl halides is 3. The Bertz CT molecular complexity index is 594. The van der Waals surface area contributed by atoms with E-state index in [9.17, 15) is 13.6 Å². The van der Waals surface area contributed by atoms with Crippen LogP contribution in [0.3, 0.4) is 0 Å². The number of carbonyl (C=O) groups is 1. The predicted octanol–water partition coefficient (Wildman–Crippen LogP) is 2.53. The largest absolute Gasteiger partial charge is 0.381 e. The van der Waals surface area contributed by atoms with Crippen molar-refractivity contribution in [3.05, 3.63) is 48.0 Å². The molecule has 4 nitrogen and oxygen atoms in total. The van der Waals surface area contributed by atoms with E-state index in [0.29, 0.717) is 16.7 Å². The van der Waals surface area contributed by atoms with Crippen LogP contribution in [0.1, 0.15) is 16.2 Å². The summed E-state index contributed by atoms with van der Waals surface area (Å²) >= 11 is 4.80. The SMILES string of the molecule is NC(=O)c1ccc(-c2cnc(C(F)(F)Cl)nc2)cc1. The minimum Gasteiger partial charge on any atom is -0.366 e. The van der Waals surface area contributed by atoms with Gasteiger partial charge in [0, 0.05) is 23.5 Å². The summed E-state index contributed by atoms with van der Waals surface area (Å²) in [6.45, 7) is 0. The molecule has 19 heavy (non-hydrogen) atoms. The van der Waals surface area contributed by atoms with Crippen molar-refractivity contribution in [2.24, 2.45) is 5.73 Å². The molecule has 0 saturated heterocycles. The van der Waals surface area contributed by atoms with Crippen LogP contribution in [-0.2, 0) is 5.38 Å². The third-order valence-corrected chi connectivity index (χ3v) is 2.58. The molecule has 0 fully saturated rings. The summed E-state index contributed by atoms with van der Waals surface area (Å²) in [6, 6.07) is 6.30. The minimum absolute atomic E-state index is 0.355. The molecule has 0 bridgehead atoms. The van der Waals surface area contributed by atoms with Gasteiger partial charge in [-0.05, 0) is 29.3 Å². The Balaban J connectivity index is 2.30. The quantitative estimate of drug-likeness (QED) is 0.880. The Hall–Kier alpha value is -2.08. The van der Waals surface area contributed by atoms with Crippen molar-refractivity contribution in [2.75, 3.05) is 0 Å². The molecule has 2 rings (SSSR count). The van der Waals surface area contributed by atoms with Crippen LogP contribution in [0.4, 0.5) is 8.78 Å². The molecule has 0 aliphatic heterocycles. The zero-order valence-electron chi connectivity index (χ0n) is 9.48. The highest BCUT2D eigenvalue weighted by molar-refractivity contribution is 6.21. The first kappa shape index (κ1) is 13.4. The first-order valence-corrected chi connectivity index (χ1v) is 5.55. The number of nitrogens with zero attached hydrogens (tertiary/aromatic N) is 2. The molecule has 1 amide bonds. The van der Waals surface area contributed by atoms with Gasteiger partial charge in [0.2, 0.25) is 11.7 Å². The van der Waals surface area contributed by atoms with Crippen LogP contribution in [0.2, 0.25) is 0 Å². The van der Waals surface area contributed by atoms with Crippen molar-refractivity contribution in [3.63, 3.8) is 0 Å². The summed E-state index contributed by atoms with van der Waals surface area (Å²) in [4.78, 5) is 17.9. The van der Waals surface area contributed by atoms with E-state index in [4.69, 9.17) is 17.3 Å². The molecule has 0 saturated carbocycles. The maximum absolute atomic E-state index is 12.7. The maximum atomic E-state index is 12.7. The Morgan fingerprint density at radius 1 is 1.11 bits per heavy atom. The van der Waals surface area contributed by atoms with Crippen molar-refractivity contribution < 1.29 is 13.6 Å². The molecular weight excluding hydrogens is 276 g/mol. The lowest BCUT2D eigenvalue weighted by molar-refractivity contribution is 0.0844. The Labute approximate surface area is 112 Å². The molecule has 0 aliphatic rings. The molecule has 0 aliphatic carbocycles. The summed E-state index contributed by atoms with van der Waals surface area (Å²) in [6.07, 6.45) is 2.47. The maximum Gasteiger partial charge on any atom is 0.381 e. The lowest BCUT2D eigenvalue weighted by Gasteiger charge is -2.07. The second-order valence-electron chi connectivity index (χ2n) is 3.73. The molecule has 2 N–H and O–H groups in total. The average molecular weight is 284 g/mol. The van der Waals surface area contributed by atoms with E-state index >= 15 is 0 Å². The molecule has 1 heterocycles. The van der Waals surface area contributed by atoms with Gasteiger partial charge in [0.15, 0.2) is 0 Å². The van der Waals surface area contributed by atoms with Crippen molar-refractivity contribution in [3.8, 4) is 11.1 Å². The Morgan fingerprint density at radius 2 is 1.63 bits per heavy atom. The minimum atomic E-state index is -3.59. The van der Waals surface area contributed by atoms with Gasteiger partial charge in [-0.2, -0.15) is 8.78 Å². The second-order valence-corrected chi connectivity index (χ2v) is 4.21. The fourth-order valence-electron chi connectivity index (χ4n) is 1.45. The molecule has 7 heteroatoms. The number of rotatable bonds is 3. The van der Waals surface area contributed by atoms with Gasteiger partial charge in [-0.25, -0.2) is 9.97 Å². The first-order chi connectivity index (χ1) is 8.88. The van der Waals surface area contributed by atoms with Crippen LogP contribution in [0.15, 0.2) is 36.7 Å². The number of amides is 1. The summed E-state index contributed by atoms with van der Waals surface area (Å²) in [5, 5.41) is -3.59. The monoisotopic (exact) mass is 283 g/mol. The van der Waals surface area contributed by atoms with Gasteiger partial charge in [0.05, 0.1) is 0 Å². The number of benzene rings is 1. The van der Waals surface area contributed by atoms with Crippen molar-refractivity contribution in [1.29, 1.82) is 0 Å². The smallest absolute Gasteiger partial charge is 0.366 e. The highest BCUT2D eigenvalue weighted by Gasteiger charge is 2.31. The van der Waals surface area contributed by atoms with Crippen molar-refractivity contribution in [2.45, 2.75) is 5.38 Å². The highest BCUT2D eigenvalue weighted by atomic mass is 35.5. The van der Waals surface area contributed by atoms with Crippen LogP contribution >= 0.6 is 11.6 Å². The van der Waals surface area contributed by atoms with E-state index in [1.165, 1.54) is 24.5 Å². The van der Waals surface area contributed by atoms with Gasteiger partial charge < -0.3 is 5.73 Å². The number of hydrogen-bond donors (Lipinski definition) is 1. The molecular formula is C12H8ClF2N3O. The zero-order valence-corrected chi connectivity index (χ0v) is 10.2. The van der Waals surface area contributed by atoms with Crippen LogP contribution < -0.4 is 5.73 Å². The molecule has 98 valence electrons. The number of hydrogen-bond acceptors (Lipinski definition) is 3. The topological polar surface area (TPSA) is 68.9 Å². The van der Waals surface area contributed by atoms with E-state index < -0.39 is 17.1 Å². The van der Waals surface area contributed by atoms with Gasteiger partial charge in [0.1, 0.15) is 0 Å². The number of carbonyl (C=O) groups excluding carboxylic acids is 1. The van der Waals surface area contributed by atoms with Crippen LogP contribution in [-0.4, -0.2) is 15.9 Å². The summed E-state index contributed by atoms with van der Waals surface area (Å²) < 4.78 is 25.4. The van der Waals surface area contributed by atoms with E-state index in [2.05, 4.69) is 9.97 Å². The lowest BCUT2D eigenvalue weighted by Crippen LogP contribution is -2.10. The molecule has 1 aromatic carbocycles. The van der Waals surface area contributed by atoms with E-state index in [1.54, 1.807) is 12.1 Å². The van der Waals surface area contributed by atoms with Gasteiger partial charge in [-0.15, -0.1) is 0 Å². The fourth-order valence-corrected chi connectivity index (χ4v) is 1.55. The van der Waals surface area contributed by atoms with Crippen molar-refractivity contribution >= 4 is 17.5 Å². The second kappa shape index (κ2) is 4.89. The van der Waals surface area contributed by atoms with Gasteiger partial charge >= 0.3 is 5.38 Å². The third-order valence-electron chi connectivity index (χ3n) is 2.41. The normalized spacial score (nSPS) is 11.3. The first-order valence-electron chi connectivity index (χ1n) is 5.17. The number of primary amides is 1. The summed E-state index contributed by atoms with van der Waals surface area (Å²) in [5.41, 5.74) is 6.67. The standard InChI is InChI=1S/C12H8ClF2N3O/c13-12(14,15)11-17-5-9(6-18-11)7-1-3-8(4-2-7)10(16)19/h1-6H,(H2,16,19). The van der Waals surface area contributed by atoms with Gasteiger partial charge in [-0.1, -0.05) is 12.1 Å². The van der Waals surface area contributed by atoms with Crippen LogP contribution in [0.25, 0.3) is 11.1 Å². The fraction of sp³-hybridized carbons (Fsp3) is 0.0833. The third kappa shape index (κ3) is 3.03. The highest BCUT2D eigenvalue weighted by Crippen LogP contribution is 2.29. The molecule has 2 aromatic rings. The predicted molar refractivity (Wildman–Crippen MR) is 65.7 cm³/mol. The Kier molecular flexibility index (Phi) is 3.44. The Morgan fingerprint density at radius 3 is 2.05 bits per heavy atom. The van der Waals surface area contributed by atoms with Gasteiger partial charge in [-0.3, -0.25) is 4.79 Å². The zero-order chi connectivity index (χ0) is 14.0. The molecule has 1 aromatic heterocycles. The number of aromatic nitrogens is 2. The van der Waals surface area contributed by atoms with E-state index in [1.807, 2.05) is 0 Å². The molecule has 0 atom stereocenters. The van der Waals surface area contributed by atoms with E-state index in [-0.39, 0.29) is 0 Å². The van der Waals surface area contributed by atoms with E-state index in [0.717, 1.165) is 0 Å². The van der Waals surface area contributed by atoms with Gasteiger partial charge in [0.25, 0.3) is 0 Å². The summed E-state index contributed by atoms with van der Waals surface area (Å²) in [5.74, 6) is -1.30. The average Bonchev–Trinajstić information content (AvgIpc) is 2.38.